The molecule has 0 aromatic carbocycles. The predicted molar refractivity (Wildman–Crippen MR) is 361 cm³/mol. The van der Waals surface area contributed by atoms with E-state index >= 15 is 0 Å². The van der Waals surface area contributed by atoms with Crippen LogP contribution in [-0.4, -0.2) is 47.4 Å². The zero-order chi connectivity index (χ0) is 59.2. The number of amides is 1. The maximum atomic E-state index is 12.5. The summed E-state index contributed by atoms with van der Waals surface area (Å²) in [5.74, 6) is -0.0536. The van der Waals surface area contributed by atoms with Crippen LogP contribution in [0.2, 0.25) is 0 Å². The van der Waals surface area contributed by atoms with Crippen LogP contribution in [-0.2, 0) is 14.3 Å². The van der Waals surface area contributed by atoms with Crippen LogP contribution in [0.15, 0.2) is 36.5 Å². The van der Waals surface area contributed by atoms with Crippen LogP contribution in [0.25, 0.3) is 0 Å². The highest BCUT2D eigenvalue weighted by molar-refractivity contribution is 5.76. The average Bonchev–Trinajstić information content (AvgIpc) is 3.48. The van der Waals surface area contributed by atoms with Crippen molar-refractivity contribution >= 4 is 11.9 Å². The summed E-state index contributed by atoms with van der Waals surface area (Å²) in [4.78, 5) is 24.6. The van der Waals surface area contributed by atoms with E-state index in [2.05, 4.69) is 43.5 Å². The van der Waals surface area contributed by atoms with Crippen LogP contribution < -0.4 is 5.32 Å². The summed E-state index contributed by atoms with van der Waals surface area (Å²) >= 11 is 0. The first-order valence-electron chi connectivity index (χ1n) is 37.3. The van der Waals surface area contributed by atoms with Crippen molar-refractivity contribution < 1.29 is 24.5 Å². The molecule has 82 heavy (non-hydrogen) atoms. The highest BCUT2D eigenvalue weighted by atomic mass is 16.5. The molecule has 0 bridgehead atoms. The molecule has 0 aliphatic rings. The van der Waals surface area contributed by atoms with Crippen molar-refractivity contribution in [3.05, 3.63) is 36.5 Å². The monoisotopic (exact) mass is 1150 g/mol. The molecule has 0 rings (SSSR count). The van der Waals surface area contributed by atoms with Gasteiger partial charge in [0.2, 0.25) is 5.91 Å². The highest BCUT2D eigenvalue weighted by Gasteiger charge is 2.18. The van der Waals surface area contributed by atoms with Gasteiger partial charge >= 0.3 is 5.97 Å². The molecule has 0 heterocycles. The van der Waals surface area contributed by atoms with Gasteiger partial charge in [0, 0.05) is 12.8 Å². The molecular weight excluding hydrogens is 1010 g/mol. The third kappa shape index (κ3) is 67.2. The second-order valence-electron chi connectivity index (χ2n) is 25.6. The highest BCUT2D eigenvalue weighted by Crippen LogP contribution is 2.19. The number of hydrogen-bond acceptors (Lipinski definition) is 5. The third-order valence-electron chi connectivity index (χ3n) is 17.4. The van der Waals surface area contributed by atoms with Crippen molar-refractivity contribution in [1.82, 2.24) is 5.32 Å². The molecule has 3 N–H and O–H groups in total. The van der Waals surface area contributed by atoms with Gasteiger partial charge in [-0.1, -0.05) is 371 Å². The maximum absolute atomic E-state index is 12.5. The lowest BCUT2D eigenvalue weighted by Gasteiger charge is -2.20. The standard InChI is InChI=1S/C76H145NO5/c1-3-5-7-9-11-13-15-17-19-20-21-22-23-29-32-35-38-41-44-48-52-56-60-64-68-74(79)73(72-78)77-75(80)69-65-61-57-53-49-45-42-39-36-33-30-27-25-24-26-28-31-34-37-40-43-47-51-55-59-63-67-71-82-76(81)70-66-62-58-54-50-46-18-16-14-12-10-8-6-4-2/h24-25,28,31,64,68,73-74,78-79H,3-23,26-27,29-30,32-63,65-67,69-72H2,1-2H3,(H,77,80)/b25-24-,31-28-,68-64+. The summed E-state index contributed by atoms with van der Waals surface area (Å²) in [6.07, 6.45) is 92.4. The Morgan fingerprint density at radius 3 is 0.927 bits per heavy atom. The summed E-state index contributed by atoms with van der Waals surface area (Å²) in [6.45, 7) is 4.94. The summed E-state index contributed by atoms with van der Waals surface area (Å²) < 4.78 is 5.49. The normalized spacial score (nSPS) is 12.7. The molecule has 0 aliphatic carbocycles. The van der Waals surface area contributed by atoms with E-state index in [1.165, 1.54) is 340 Å². The van der Waals surface area contributed by atoms with E-state index in [9.17, 15) is 19.8 Å². The van der Waals surface area contributed by atoms with Crippen molar-refractivity contribution in [3.8, 4) is 0 Å². The minimum absolute atomic E-state index is 0.0132. The number of aliphatic hydroxyl groups excluding tert-OH is 2. The Hall–Kier alpha value is -1.92. The number of nitrogens with one attached hydrogen (secondary N) is 1. The first-order chi connectivity index (χ1) is 40.5. The Kier molecular flexibility index (Phi) is 69.9. The number of aliphatic hydroxyl groups is 2. The number of unbranched alkanes of at least 4 members (excludes halogenated alkanes) is 55. The molecule has 0 spiro atoms. The molecule has 484 valence electrons. The molecular formula is C76H145NO5. The van der Waals surface area contributed by atoms with Gasteiger partial charge in [0.05, 0.1) is 25.4 Å². The maximum Gasteiger partial charge on any atom is 0.305 e. The molecule has 0 saturated carbocycles. The van der Waals surface area contributed by atoms with Gasteiger partial charge in [0.15, 0.2) is 0 Å². The molecule has 2 atom stereocenters. The zero-order valence-electron chi connectivity index (χ0n) is 55.5. The van der Waals surface area contributed by atoms with Gasteiger partial charge in [-0.15, -0.1) is 0 Å². The van der Waals surface area contributed by atoms with Crippen molar-refractivity contribution in [3.63, 3.8) is 0 Å². The van der Waals surface area contributed by atoms with Crippen molar-refractivity contribution in [2.75, 3.05) is 13.2 Å². The van der Waals surface area contributed by atoms with Crippen LogP contribution >= 0.6 is 0 Å². The Balaban J connectivity index is 3.44. The molecule has 0 aromatic rings. The number of hydrogen-bond donors (Lipinski definition) is 3. The van der Waals surface area contributed by atoms with Crippen molar-refractivity contribution in [1.29, 1.82) is 0 Å². The van der Waals surface area contributed by atoms with Crippen LogP contribution in [0.3, 0.4) is 0 Å². The Labute approximate surface area is 513 Å². The average molecular weight is 1150 g/mol. The van der Waals surface area contributed by atoms with Crippen molar-refractivity contribution in [2.24, 2.45) is 0 Å². The molecule has 0 radical (unpaired) electrons. The van der Waals surface area contributed by atoms with Crippen LogP contribution in [0, 0.1) is 0 Å². The number of carbonyl (C=O) groups is 2. The van der Waals surface area contributed by atoms with Gasteiger partial charge < -0.3 is 20.3 Å². The van der Waals surface area contributed by atoms with E-state index in [1.807, 2.05) is 6.08 Å². The van der Waals surface area contributed by atoms with E-state index < -0.39 is 12.1 Å². The Morgan fingerprint density at radius 1 is 0.341 bits per heavy atom. The third-order valence-corrected chi connectivity index (χ3v) is 17.4. The SMILES string of the molecule is CCCCCCCCCCCCCCCCCCCCCCCC/C=C/C(O)C(CO)NC(=O)CCCCCCCCCCCCC/C=C\C/C=C\CCCCCCCCCCCOC(=O)CCCCCCCCCCCCCCCC. The predicted octanol–water partition coefficient (Wildman–Crippen LogP) is 24.3. The number of rotatable bonds is 70. The molecule has 6 heteroatoms. The second kappa shape index (κ2) is 71.6. The number of allylic oxidation sites excluding steroid dienone is 5. The molecule has 0 aromatic heterocycles. The molecule has 0 saturated heterocycles. The van der Waals surface area contributed by atoms with E-state index in [1.54, 1.807) is 6.08 Å². The summed E-state index contributed by atoms with van der Waals surface area (Å²) in [7, 11) is 0. The lowest BCUT2D eigenvalue weighted by Crippen LogP contribution is -2.45. The fourth-order valence-electron chi connectivity index (χ4n) is 11.7. The van der Waals surface area contributed by atoms with Gasteiger partial charge in [-0.2, -0.15) is 0 Å². The molecule has 0 fully saturated rings. The lowest BCUT2D eigenvalue weighted by atomic mass is 10.0. The van der Waals surface area contributed by atoms with Crippen molar-refractivity contribution in [2.45, 2.75) is 424 Å². The van der Waals surface area contributed by atoms with Crippen LogP contribution in [0.5, 0.6) is 0 Å². The van der Waals surface area contributed by atoms with Crippen LogP contribution in [0.4, 0.5) is 0 Å². The van der Waals surface area contributed by atoms with E-state index in [0.717, 1.165) is 44.9 Å². The Bertz CT molecular complexity index is 1330. The van der Waals surface area contributed by atoms with Gasteiger partial charge in [-0.25, -0.2) is 0 Å². The minimum atomic E-state index is -0.848. The van der Waals surface area contributed by atoms with Gasteiger partial charge in [0.25, 0.3) is 0 Å². The summed E-state index contributed by atoms with van der Waals surface area (Å²) in [5, 5.41) is 23.3. The van der Waals surface area contributed by atoms with Gasteiger partial charge in [0.1, 0.15) is 0 Å². The molecule has 0 aliphatic heterocycles. The molecule has 1 amide bonds. The van der Waals surface area contributed by atoms with E-state index in [-0.39, 0.29) is 18.5 Å². The number of carbonyl (C=O) groups excluding carboxylic acids is 2. The lowest BCUT2D eigenvalue weighted by molar-refractivity contribution is -0.143. The van der Waals surface area contributed by atoms with E-state index in [4.69, 9.17) is 4.74 Å². The second-order valence-corrected chi connectivity index (χ2v) is 25.6. The molecule has 6 nitrogen and oxygen atoms in total. The van der Waals surface area contributed by atoms with Gasteiger partial charge in [-0.3, -0.25) is 9.59 Å². The van der Waals surface area contributed by atoms with Gasteiger partial charge in [-0.05, 0) is 64.2 Å². The molecule has 2 unspecified atom stereocenters. The smallest absolute Gasteiger partial charge is 0.305 e. The fraction of sp³-hybridized carbons (Fsp3) is 0.895. The largest absolute Gasteiger partial charge is 0.466 e. The van der Waals surface area contributed by atoms with Crippen LogP contribution in [0.1, 0.15) is 412 Å². The quantitative estimate of drug-likeness (QED) is 0.0320. The summed E-state index contributed by atoms with van der Waals surface area (Å²) in [6, 6.07) is -0.632. The fourth-order valence-corrected chi connectivity index (χ4v) is 11.7. The first-order valence-corrected chi connectivity index (χ1v) is 37.3. The Morgan fingerprint density at radius 2 is 0.610 bits per heavy atom. The minimum Gasteiger partial charge on any atom is -0.466 e. The first kappa shape index (κ1) is 80.1. The number of esters is 1. The number of ether oxygens (including phenoxy) is 1. The topological polar surface area (TPSA) is 95.9 Å². The van der Waals surface area contributed by atoms with E-state index in [0.29, 0.717) is 19.4 Å². The zero-order valence-corrected chi connectivity index (χ0v) is 55.5. The summed E-state index contributed by atoms with van der Waals surface area (Å²) in [5.41, 5.74) is 0.